The lowest BCUT2D eigenvalue weighted by atomic mass is 9.97. The molecular weight excluding hydrogens is 234 g/mol. The molecule has 0 saturated carbocycles. The summed E-state index contributed by atoms with van der Waals surface area (Å²) in [6.07, 6.45) is -3.00. The Morgan fingerprint density at radius 3 is 2.59 bits per heavy atom. The van der Waals surface area contributed by atoms with Gasteiger partial charge in [-0.15, -0.1) is 0 Å². The molecule has 2 rings (SSSR count). The van der Waals surface area contributed by atoms with Gasteiger partial charge in [0, 0.05) is 0 Å². The Balaban J connectivity index is 2.13. The molecule has 0 aliphatic carbocycles. The first-order valence-corrected chi connectivity index (χ1v) is 5.53. The Kier molecular flexibility index (Phi) is 3.38. The maximum absolute atomic E-state index is 13.3. The van der Waals surface area contributed by atoms with Crippen LogP contribution < -0.4 is 5.32 Å². The van der Waals surface area contributed by atoms with Crippen molar-refractivity contribution in [3.8, 4) is 0 Å². The molecule has 1 aliphatic heterocycles. The van der Waals surface area contributed by atoms with E-state index < -0.39 is 17.6 Å². The van der Waals surface area contributed by atoms with Gasteiger partial charge in [0.25, 0.3) is 0 Å². The normalized spacial score (nSPS) is 20.8. The zero-order valence-corrected chi connectivity index (χ0v) is 9.15. The molecule has 94 valence electrons. The molecule has 1 aliphatic rings. The fourth-order valence-corrected chi connectivity index (χ4v) is 2.14. The quantitative estimate of drug-likeness (QED) is 0.792. The molecule has 0 bridgehead atoms. The molecule has 1 nitrogen and oxygen atoms in total. The standard InChI is InChI=1S/C12H13F4N/c13-11-6-8(5-9-3-4-17-7-9)1-2-10(11)12(14,15)16/h1-2,6,9,17H,3-5,7H2. The van der Waals surface area contributed by atoms with E-state index in [4.69, 9.17) is 0 Å². The van der Waals surface area contributed by atoms with E-state index in [0.717, 1.165) is 31.6 Å². The van der Waals surface area contributed by atoms with Gasteiger partial charge in [0.1, 0.15) is 5.82 Å². The molecule has 0 spiro atoms. The largest absolute Gasteiger partial charge is 0.419 e. The summed E-state index contributed by atoms with van der Waals surface area (Å²) in [6.45, 7) is 1.77. The van der Waals surface area contributed by atoms with Gasteiger partial charge in [-0.25, -0.2) is 4.39 Å². The molecule has 0 amide bonds. The van der Waals surface area contributed by atoms with Gasteiger partial charge in [0.2, 0.25) is 0 Å². The number of alkyl halides is 3. The lowest BCUT2D eigenvalue weighted by Gasteiger charge is -2.11. The zero-order valence-electron chi connectivity index (χ0n) is 9.15. The van der Waals surface area contributed by atoms with E-state index in [0.29, 0.717) is 17.9 Å². The molecule has 1 fully saturated rings. The highest BCUT2D eigenvalue weighted by Crippen LogP contribution is 2.32. The molecule has 1 atom stereocenters. The summed E-state index contributed by atoms with van der Waals surface area (Å²) in [5.41, 5.74) is -0.560. The van der Waals surface area contributed by atoms with E-state index >= 15 is 0 Å². The third kappa shape index (κ3) is 2.97. The van der Waals surface area contributed by atoms with E-state index in [-0.39, 0.29) is 0 Å². The maximum atomic E-state index is 13.3. The smallest absolute Gasteiger partial charge is 0.316 e. The number of benzene rings is 1. The lowest BCUT2D eigenvalue weighted by Crippen LogP contribution is -2.12. The Labute approximate surface area is 96.8 Å². The van der Waals surface area contributed by atoms with Crippen molar-refractivity contribution in [3.05, 3.63) is 35.1 Å². The molecule has 1 aromatic rings. The maximum Gasteiger partial charge on any atom is 0.419 e. The average Bonchev–Trinajstić information content (AvgIpc) is 2.68. The summed E-state index contributed by atoms with van der Waals surface area (Å²) in [7, 11) is 0. The first kappa shape index (κ1) is 12.4. The van der Waals surface area contributed by atoms with Gasteiger partial charge in [0.05, 0.1) is 5.56 Å². The summed E-state index contributed by atoms with van der Waals surface area (Å²) in [4.78, 5) is 0. The number of hydrogen-bond donors (Lipinski definition) is 1. The van der Waals surface area contributed by atoms with Crippen molar-refractivity contribution < 1.29 is 17.6 Å². The third-order valence-electron chi connectivity index (χ3n) is 3.03. The summed E-state index contributed by atoms with van der Waals surface area (Å²) < 4.78 is 50.3. The van der Waals surface area contributed by atoms with Crippen LogP contribution in [0.15, 0.2) is 18.2 Å². The predicted octanol–water partition coefficient (Wildman–Crippen LogP) is 3.00. The van der Waals surface area contributed by atoms with Crippen molar-refractivity contribution in [1.29, 1.82) is 0 Å². The Morgan fingerprint density at radius 2 is 2.06 bits per heavy atom. The van der Waals surface area contributed by atoms with Crippen LogP contribution >= 0.6 is 0 Å². The monoisotopic (exact) mass is 247 g/mol. The molecular formula is C12H13F4N. The van der Waals surface area contributed by atoms with E-state index in [1.165, 1.54) is 6.07 Å². The minimum atomic E-state index is -4.61. The SMILES string of the molecule is Fc1cc(CC2CCNC2)ccc1C(F)(F)F. The van der Waals surface area contributed by atoms with E-state index in [1.807, 2.05) is 0 Å². The van der Waals surface area contributed by atoms with Crippen LogP contribution in [0.25, 0.3) is 0 Å². The van der Waals surface area contributed by atoms with Gasteiger partial charge in [-0.3, -0.25) is 0 Å². The van der Waals surface area contributed by atoms with Crippen LogP contribution in [-0.2, 0) is 12.6 Å². The van der Waals surface area contributed by atoms with Crippen molar-refractivity contribution in [3.63, 3.8) is 0 Å². The number of hydrogen-bond acceptors (Lipinski definition) is 1. The molecule has 1 heterocycles. The fraction of sp³-hybridized carbons (Fsp3) is 0.500. The Bertz CT molecular complexity index is 394. The van der Waals surface area contributed by atoms with Gasteiger partial charge in [-0.05, 0) is 49.5 Å². The number of halogens is 4. The summed E-state index contributed by atoms with van der Waals surface area (Å²) in [5.74, 6) is -0.785. The van der Waals surface area contributed by atoms with Crippen molar-refractivity contribution in [1.82, 2.24) is 5.32 Å². The van der Waals surface area contributed by atoms with Gasteiger partial charge in [-0.2, -0.15) is 13.2 Å². The molecule has 0 radical (unpaired) electrons. The van der Waals surface area contributed by atoms with E-state index in [2.05, 4.69) is 5.32 Å². The van der Waals surface area contributed by atoms with Crippen LogP contribution in [0, 0.1) is 11.7 Å². The van der Waals surface area contributed by atoms with Crippen molar-refractivity contribution in [2.24, 2.45) is 5.92 Å². The number of nitrogens with one attached hydrogen (secondary N) is 1. The first-order chi connectivity index (χ1) is 7.97. The van der Waals surface area contributed by atoms with Gasteiger partial charge in [-0.1, -0.05) is 6.07 Å². The molecule has 1 aromatic carbocycles. The average molecular weight is 247 g/mol. The summed E-state index contributed by atoms with van der Waals surface area (Å²) in [6, 6.07) is 3.19. The molecule has 1 unspecified atom stereocenters. The van der Waals surface area contributed by atoms with Crippen LogP contribution in [0.1, 0.15) is 17.5 Å². The van der Waals surface area contributed by atoms with E-state index in [9.17, 15) is 17.6 Å². The minimum Gasteiger partial charge on any atom is -0.316 e. The predicted molar refractivity (Wildman–Crippen MR) is 56.1 cm³/mol. The van der Waals surface area contributed by atoms with Crippen LogP contribution in [0.4, 0.5) is 17.6 Å². The third-order valence-corrected chi connectivity index (χ3v) is 3.03. The van der Waals surface area contributed by atoms with Gasteiger partial charge in [0.15, 0.2) is 0 Å². The van der Waals surface area contributed by atoms with Crippen LogP contribution in [0.2, 0.25) is 0 Å². The summed E-state index contributed by atoms with van der Waals surface area (Å²) in [5, 5.41) is 3.17. The molecule has 5 heteroatoms. The highest BCUT2D eigenvalue weighted by atomic mass is 19.4. The van der Waals surface area contributed by atoms with Crippen molar-refractivity contribution >= 4 is 0 Å². The van der Waals surface area contributed by atoms with Crippen LogP contribution in [0.5, 0.6) is 0 Å². The molecule has 1 N–H and O–H groups in total. The Hall–Kier alpha value is -1.10. The zero-order chi connectivity index (χ0) is 12.5. The second-order valence-electron chi connectivity index (χ2n) is 4.37. The fourth-order valence-electron chi connectivity index (χ4n) is 2.14. The van der Waals surface area contributed by atoms with Crippen LogP contribution in [0.3, 0.4) is 0 Å². The first-order valence-electron chi connectivity index (χ1n) is 5.53. The number of rotatable bonds is 2. The molecule has 17 heavy (non-hydrogen) atoms. The molecule has 1 saturated heterocycles. The van der Waals surface area contributed by atoms with E-state index in [1.54, 1.807) is 0 Å². The Morgan fingerprint density at radius 1 is 1.29 bits per heavy atom. The topological polar surface area (TPSA) is 12.0 Å². The minimum absolute atomic E-state index is 0.395. The van der Waals surface area contributed by atoms with Crippen molar-refractivity contribution in [2.75, 3.05) is 13.1 Å². The second-order valence-corrected chi connectivity index (χ2v) is 4.37. The summed E-state index contributed by atoms with van der Waals surface area (Å²) >= 11 is 0. The van der Waals surface area contributed by atoms with Gasteiger partial charge < -0.3 is 5.32 Å². The highest BCUT2D eigenvalue weighted by Gasteiger charge is 2.33. The lowest BCUT2D eigenvalue weighted by molar-refractivity contribution is -0.140. The van der Waals surface area contributed by atoms with Crippen molar-refractivity contribution in [2.45, 2.75) is 19.0 Å². The van der Waals surface area contributed by atoms with Crippen LogP contribution in [-0.4, -0.2) is 13.1 Å². The second kappa shape index (κ2) is 4.64. The van der Waals surface area contributed by atoms with Gasteiger partial charge >= 0.3 is 6.18 Å². The molecule has 0 aromatic heterocycles. The highest BCUT2D eigenvalue weighted by molar-refractivity contribution is 5.27.